The fourth-order valence-corrected chi connectivity index (χ4v) is 3.17. The third-order valence-corrected chi connectivity index (χ3v) is 5.21. The molecule has 9 heteroatoms. The summed E-state index contributed by atoms with van der Waals surface area (Å²) >= 11 is 0. The Hall–Kier alpha value is -0.780. The van der Waals surface area contributed by atoms with Crippen molar-refractivity contribution in [2.24, 2.45) is 0 Å². The van der Waals surface area contributed by atoms with Crippen LogP contribution in [0.1, 0.15) is 58.3 Å². The second-order valence-electron chi connectivity index (χ2n) is 8.41. The molecule has 222 valence electrons. The van der Waals surface area contributed by atoms with Crippen LogP contribution in [0.3, 0.4) is 0 Å². The van der Waals surface area contributed by atoms with Crippen molar-refractivity contribution in [1.82, 2.24) is 0 Å². The van der Waals surface area contributed by atoms with Crippen LogP contribution < -0.4 is 0 Å². The molecule has 0 spiro atoms. The maximum absolute atomic E-state index is 5.61. The number of ether oxygens (including phenoxy) is 9. The Morgan fingerprint density at radius 2 is 0.622 bits per heavy atom. The Bertz CT molecular complexity index is 413. The van der Waals surface area contributed by atoms with E-state index >= 15 is 0 Å². The van der Waals surface area contributed by atoms with Crippen LogP contribution in [0.4, 0.5) is 0 Å². The third-order valence-electron chi connectivity index (χ3n) is 5.21. The zero-order valence-corrected chi connectivity index (χ0v) is 23.6. The van der Waals surface area contributed by atoms with Gasteiger partial charge in [-0.3, -0.25) is 0 Å². The van der Waals surface area contributed by atoms with Gasteiger partial charge in [0, 0.05) is 6.61 Å². The predicted molar refractivity (Wildman–Crippen MR) is 145 cm³/mol. The van der Waals surface area contributed by atoms with Crippen LogP contribution in [0, 0.1) is 0 Å². The highest BCUT2D eigenvalue weighted by molar-refractivity contribution is 4.48. The van der Waals surface area contributed by atoms with Crippen LogP contribution in [-0.2, 0) is 42.6 Å². The fraction of sp³-hybridized carbons (Fsp3) is 0.929. The fourth-order valence-electron chi connectivity index (χ4n) is 3.17. The number of unbranched alkanes of at least 4 members (excludes halogenated alkanes) is 7. The lowest BCUT2D eigenvalue weighted by Crippen LogP contribution is -2.15. The van der Waals surface area contributed by atoms with Gasteiger partial charge in [0.25, 0.3) is 0 Å². The molecule has 0 aliphatic heterocycles. The molecule has 0 bridgehead atoms. The van der Waals surface area contributed by atoms with Crippen LogP contribution in [-0.4, -0.2) is 112 Å². The molecule has 0 rings (SSSR count). The Morgan fingerprint density at radius 1 is 0.351 bits per heavy atom. The monoisotopic (exact) mass is 536 g/mol. The minimum atomic E-state index is 0.511. The van der Waals surface area contributed by atoms with E-state index in [-0.39, 0.29) is 0 Å². The molecular weight excluding hydrogens is 480 g/mol. The first kappa shape index (κ1) is 36.2. The number of rotatable bonds is 34. The third kappa shape index (κ3) is 35.2. The van der Waals surface area contributed by atoms with Gasteiger partial charge in [-0.2, -0.15) is 0 Å². The normalized spacial score (nSPS) is 11.3. The second kappa shape index (κ2) is 35.2. The van der Waals surface area contributed by atoms with Gasteiger partial charge < -0.3 is 42.6 Å². The van der Waals surface area contributed by atoms with E-state index in [9.17, 15) is 0 Å². The molecule has 0 fully saturated rings. The van der Waals surface area contributed by atoms with Crippen LogP contribution in [0.15, 0.2) is 12.8 Å². The molecule has 0 aromatic carbocycles. The first-order valence-corrected chi connectivity index (χ1v) is 14.3. The van der Waals surface area contributed by atoms with Gasteiger partial charge in [-0.1, -0.05) is 58.4 Å². The van der Waals surface area contributed by atoms with Gasteiger partial charge in [-0.25, -0.2) is 0 Å². The van der Waals surface area contributed by atoms with Gasteiger partial charge in [-0.05, 0) is 6.42 Å². The highest BCUT2D eigenvalue weighted by atomic mass is 16.6. The minimum Gasteiger partial charge on any atom is -0.499 e. The van der Waals surface area contributed by atoms with E-state index in [1.807, 2.05) is 0 Å². The average molecular weight is 537 g/mol. The smallest absolute Gasteiger partial charge is 0.111 e. The Kier molecular flexibility index (Phi) is 34.5. The molecular formula is C28H56O9. The van der Waals surface area contributed by atoms with Gasteiger partial charge in [0.2, 0.25) is 0 Å². The quantitative estimate of drug-likeness (QED) is 0.0877. The summed E-state index contributed by atoms with van der Waals surface area (Å²) in [5, 5.41) is 0. The van der Waals surface area contributed by atoms with Crippen LogP contribution in [0.2, 0.25) is 0 Å². The van der Waals surface area contributed by atoms with E-state index in [0.29, 0.717) is 106 Å². The van der Waals surface area contributed by atoms with Gasteiger partial charge in [0.05, 0.1) is 105 Å². The first-order valence-electron chi connectivity index (χ1n) is 14.3. The van der Waals surface area contributed by atoms with Crippen molar-refractivity contribution in [2.45, 2.75) is 58.3 Å². The topological polar surface area (TPSA) is 83.1 Å². The summed E-state index contributed by atoms with van der Waals surface area (Å²) in [5.41, 5.74) is 0. The highest BCUT2D eigenvalue weighted by Crippen LogP contribution is 2.08. The summed E-state index contributed by atoms with van der Waals surface area (Å²) in [7, 11) is 0. The van der Waals surface area contributed by atoms with E-state index in [0.717, 1.165) is 13.0 Å². The van der Waals surface area contributed by atoms with Crippen molar-refractivity contribution in [3.05, 3.63) is 12.8 Å². The lowest BCUT2D eigenvalue weighted by molar-refractivity contribution is -0.0239. The number of hydrogen-bond acceptors (Lipinski definition) is 9. The van der Waals surface area contributed by atoms with E-state index in [2.05, 4.69) is 13.5 Å². The summed E-state index contributed by atoms with van der Waals surface area (Å²) in [6, 6.07) is 0. The Balaban J connectivity index is 3.01. The average Bonchev–Trinajstić information content (AvgIpc) is 2.91. The molecule has 0 aromatic heterocycles. The van der Waals surface area contributed by atoms with E-state index < -0.39 is 0 Å². The standard InChI is InChI=1S/C28H56O9/c1-3-5-6-7-8-9-10-11-12-30-15-16-32-19-20-34-23-24-36-27-28-37-26-25-35-22-21-33-18-17-31-14-13-29-4-2/h4H,2-3,5-28H2,1H3. The lowest BCUT2D eigenvalue weighted by atomic mass is 10.1. The highest BCUT2D eigenvalue weighted by Gasteiger charge is 1.96. The first-order chi connectivity index (χ1) is 18.4. The molecule has 9 nitrogen and oxygen atoms in total. The molecule has 0 aromatic rings. The van der Waals surface area contributed by atoms with Crippen molar-refractivity contribution in [2.75, 3.05) is 112 Å². The molecule has 0 saturated heterocycles. The van der Waals surface area contributed by atoms with Gasteiger partial charge in [-0.15, -0.1) is 0 Å². The molecule has 0 unspecified atom stereocenters. The number of hydrogen-bond donors (Lipinski definition) is 0. The molecule has 0 saturated carbocycles. The SMILES string of the molecule is C=COCCOCCOCCOCCOCCOCCOCCOCCOCCCCCCCCCC. The maximum atomic E-state index is 5.61. The Morgan fingerprint density at radius 3 is 0.946 bits per heavy atom. The van der Waals surface area contributed by atoms with E-state index in [4.69, 9.17) is 42.6 Å². The molecule has 0 amide bonds. The van der Waals surface area contributed by atoms with Gasteiger partial charge in [0.1, 0.15) is 6.61 Å². The molecule has 0 aliphatic carbocycles. The molecule has 37 heavy (non-hydrogen) atoms. The van der Waals surface area contributed by atoms with E-state index in [1.165, 1.54) is 51.2 Å². The lowest BCUT2D eigenvalue weighted by Gasteiger charge is -2.08. The van der Waals surface area contributed by atoms with Gasteiger partial charge in [0.15, 0.2) is 0 Å². The van der Waals surface area contributed by atoms with Crippen molar-refractivity contribution >= 4 is 0 Å². The predicted octanol–water partition coefficient (Wildman–Crippen LogP) is 4.42. The second-order valence-corrected chi connectivity index (χ2v) is 8.41. The van der Waals surface area contributed by atoms with Crippen molar-refractivity contribution < 1.29 is 42.6 Å². The largest absolute Gasteiger partial charge is 0.499 e. The molecule has 0 aliphatic rings. The van der Waals surface area contributed by atoms with Crippen LogP contribution in [0.25, 0.3) is 0 Å². The van der Waals surface area contributed by atoms with E-state index in [1.54, 1.807) is 0 Å². The Labute approximate surface area is 226 Å². The minimum absolute atomic E-state index is 0.511. The summed E-state index contributed by atoms with van der Waals surface area (Å²) in [6.07, 6.45) is 12.0. The molecule has 0 atom stereocenters. The molecule has 0 radical (unpaired) electrons. The zero-order valence-electron chi connectivity index (χ0n) is 23.6. The molecule has 0 heterocycles. The summed E-state index contributed by atoms with van der Waals surface area (Å²) in [5.74, 6) is 0. The van der Waals surface area contributed by atoms with Crippen LogP contribution >= 0.6 is 0 Å². The van der Waals surface area contributed by atoms with Crippen molar-refractivity contribution in [3.8, 4) is 0 Å². The maximum Gasteiger partial charge on any atom is 0.111 e. The van der Waals surface area contributed by atoms with Crippen molar-refractivity contribution in [1.29, 1.82) is 0 Å². The van der Waals surface area contributed by atoms with Crippen molar-refractivity contribution in [3.63, 3.8) is 0 Å². The molecule has 0 N–H and O–H groups in total. The van der Waals surface area contributed by atoms with Gasteiger partial charge >= 0.3 is 0 Å². The summed E-state index contributed by atoms with van der Waals surface area (Å²) in [6.45, 7) is 15.4. The zero-order chi connectivity index (χ0) is 26.7. The summed E-state index contributed by atoms with van der Waals surface area (Å²) in [4.78, 5) is 0. The van der Waals surface area contributed by atoms with Crippen LogP contribution in [0.5, 0.6) is 0 Å². The summed E-state index contributed by atoms with van der Waals surface area (Å²) < 4.78 is 48.6.